The van der Waals surface area contributed by atoms with E-state index in [2.05, 4.69) is 36.3 Å². The largest absolute Gasteiger partial charge is 0.321 e. The molecule has 2 aromatic rings. The summed E-state index contributed by atoms with van der Waals surface area (Å²) in [5.74, 6) is 0. The first-order valence-corrected chi connectivity index (χ1v) is 7.86. The van der Waals surface area contributed by atoms with Crippen molar-refractivity contribution in [2.75, 3.05) is 0 Å². The zero-order valence-corrected chi connectivity index (χ0v) is 13.3. The summed E-state index contributed by atoms with van der Waals surface area (Å²) in [7, 11) is 1.99. The Balaban J connectivity index is 1.89. The Morgan fingerprint density at radius 1 is 1.19 bits per heavy atom. The summed E-state index contributed by atoms with van der Waals surface area (Å²) < 4.78 is 1.94. The fourth-order valence-corrected chi connectivity index (χ4v) is 3.40. The lowest BCUT2D eigenvalue weighted by Crippen LogP contribution is -2.36. The van der Waals surface area contributed by atoms with Crippen LogP contribution in [0.15, 0.2) is 24.3 Å². The van der Waals surface area contributed by atoms with E-state index in [0.29, 0.717) is 0 Å². The molecule has 1 aliphatic carbocycles. The third-order valence-electron chi connectivity index (χ3n) is 4.66. The summed E-state index contributed by atoms with van der Waals surface area (Å²) in [6.07, 6.45) is 5.85. The van der Waals surface area contributed by atoms with E-state index >= 15 is 0 Å². The molecule has 21 heavy (non-hydrogen) atoms. The minimum absolute atomic E-state index is 0.354. The van der Waals surface area contributed by atoms with Gasteiger partial charge in [-0.3, -0.25) is 4.68 Å². The maximum atomic E-state index is 6.64. The van der Waals surface area contributed by atoms with Crippen LogP contribution in [0.1, 0.15) is 47.8 Å². The predicted molar refractivity (Wildman–Crippen MR) is 86.3 cm³/mol. The molecule has 2 N–H and O–H groups in total. The Morgan fingerprint density at radius 3 is 2.57 bits per heavy atom. The van der Waals surface area contributed by atoms with Crippen molar-refractivity contribution < 1.29 is 0 Å². The molecular weight excluding hydrogens is 258 g/mol. The number of hydrogen-bond acceptors (Lipinski definition) is 2. The van der Waals surface area contributed by atoms with Gasteiger partial charge >= 0.3 is 0 Å². The van der Waals surface area contributed by atoms with Gasteiger partial charge in [0.25, 0.3) is 0 Å². The highest BCUT2D eigenvalue weighted by molar-refractivity contribution is 5.37. The van der Waals surface area contributed by atoms with Crippen molar-refractivity contribution in [3.8, 4) is 0 Å². The Kier molecular flexibility index (Phi) is 3.62. The highest BCUT2D eigenvalue weighted by atomic mass is 15.3. The zero-order valence-electron chi connectivity index (χ0n) is 13.3. The lowest BCUT2D eigenvalue weighted by molar-refractivity contribution is 0.470. The Morgan fingerprint density at radius 2 is 1.90 bits per heavy atom. The van der Waals surface area contributed by atoms with Gasteiger partial charge in [0.1, 0.15) is 0 Å². The molecule has 3 rings (SSSR count). The molecule has 0 bridgehead atoms. The highest BCUT2D eigenvalue weighted by Gasteiger charge is 2.25. The number of nitrogens with two attached hydrogens (primary N) is 1. The van der Waals surface area contributed by atoms with E-state index in [9.17, 15) is 0 Å². The standard InChI is InChI=1S/C18H25N3/c1-13-10-17(21(3)20-13)12-18(2,19)16-9-8-14-6-4-5-7-15(14)11-16/h8-11H,4-7,12,19H2,1-3H3. The van der Waals surface area contributed by atoms with Crippen LogP contribution in [0.25, 0.3) is 0 Å². The quantitative estimate of drug-likeness (QED) is 0.941. The van der Waals surface area contributed by atoms with Crippen LogP contribution >= 0.6 is 0 Å². The van der Waals surface area contributed by atoms with Gasteiger partial charge in [0.15, 0.2) is 0 Å². The lowest BCUT2D eigenvalue weighted by Gasteiger charge is -2.27. The molecule has 0 saturated heterocycles. The van der Waals surface area contributed by atoms with Crippen LogP contribution in [-0.4, -0.2) is 9.78 Å². The summed E-state index contributed by atoms with van der Waals surface area (Å²) >= 11 is 0. The summed E-state index contributed by atoms with van der Waals surface area (Å²) in [4.78, 5) is 0. The van der Waals surface area contributed by atoms with Gasteiger partial charge in [0, 0.05) is 24.7 Å². The van der Waals surface area contributed by atoms with E-state index in [1.165, 1.54) is 48.1 Å². The van der Waals surface area contributed by atoms with Crippen molar-refractivity contribution in [1.29, 1.82) is 0 Å². The number of hydrogen-bond donors (Lipinski definition) is 1. The molecule has 0 spiro atoms. The Labute approximate surface area is 127 Å². The van der Waals surface area contributed by atoms with E-state index in [-0.39, 0.29) is 5.54 Å². The maximum Gasteiger partial charge on any atom is 0.0596 e. The molecule has 1 aliphatic rings. The van der Waals surface area contributed by atoms with Crippen LogP contribution in [0.3, 0.4) is 0 Å². The number of rotatable bonds is 3. The lowest BCUT2D eigenvalue weighted by atomic mass is 9.83. The molecule has 0 fully saturated rings. The van der Waals surface area contributed by atoms with Crippen molar-refractivity contribution >= 4 is 0 Å². The number of benzene rings is 1. The monoisotopic (exact) mass is 283 g/mol. The molecule has 3 nitrogen and oxygen atoms in total. The van der Waals surface area contributed by atoms with Crippen LogP contribution in [0.2, 0.25) is 0 Å². The number of aromatic nitrogens is 2. The Hall–Kier alpha value is -1.61. The second-order valence-corrected chi connectivity index (χ2v) is 6.69. The van der Waals surface area contributed by atoms with Gasteiger partial charge < -0.3 is 5.73 Å². The summed E-state index contributed by atoms with van der Waals surface area (Å²) in [6.45, 7) is 4.15. The first-order chi connectivity index (χ1) is 9.95. The van der Waals surface area contributed by atoms with Crippen molar-refractivity contribution in [2.24, 2.45) is 12.8 Å². The molecule has 1 heterocycles. The van der Waals surface area contributed by atoms with Crippen molar-refractivity contribution in [3.05, 3.63) is 52.3 Å². The zero-order chi connectivity index (χ0) is 15.0. The average Bonchev–Trinajstić information content (AvgIpc) is 2.75. The number of aryl methyl sites for hydroxylation is 4. The molecule has 0 radical (unpaired) electrons. The molecular formula is C18H25N3. The molecule has 1 aromatic heterocycles. The number of fused-ring (bicyclic) bond motifs is 1. The molecule has 0 saturated carbocycles. The molecule has 1 atom stereocenters. The fourth-order valence-electron chi connectivity index (χ4n) is 3.40. The SMILES string of the molecule is Cc1cc(CC(C)(N)c2ccc3c(c2)CCCC3)n(C)n1. The van der Waals surface area contributed by atoms with E-state index in [1.54, 1.807) is 0 Å². The minimum atomic E-state index is -0.354. The molecule has 1 aromatic carbocycles. The van der Waals surface area contributed by atoms with E-state index in [4.69, 9.17) is 5.73 Å². The van der Waals surface area contributed by atoms with Crippen molar-refractivity contribution in [3.63, 3.8) is 0 Å². The smallest absolute Gasteiger partial charge is 0.0596 e. The maximum absolute atomic E-state index is 6.64. The average molecular weight is 283 g/mol. The van der Waals surface area contributed by atoms with Gasteiger partial charge in [-0.05, 0) is 62.3 Å². The highest BCUT2D eigenvalue weighted by Crippen LogP contribution is 2.28. The topological polar surface area (TPSA) is 43.8 Å². The Bertz CT molecular complexity index is 652. The third kappa shape index (κ3) is 2.88. The third-order valence-corrected chi connectivity index (χ3v) is 4.66. The van der Waals surface area contributed by atoms with Crippen LogP contribution in [-0.2, 0) is 31.8 Å². The molecule has 0 amide bonds. The number of nitrogens with zero attached hydrogens (tertiary/aromatic N) is 2. The van der Waals surface area contributed by atoms with Crippen molar-refractivity contribution in [1.82, 2.24) is 9.78 Å². The van der Waals surface area contributed by atoms with E-state index in [0.717, 1.165) is 12.1 Å². The van der Waals surface area contributed by atoms with Gasteiger partial charge in [-0.1, -0.05) is 18.2 Å². The fraction of sp³-hybridized carbons (Fsp3) is 0.500. The summed E-state index contributed by atoms with van der Waals surface area (Å²) in [6, 6.07) is 8.96. The summed E-state index contributed by atoms with van der Waals surface area (Å²) in [5.41, 5.74) is 12.8. The van der Waals surface area contributed by atoms with Crippen LogP contribution in [0.5, 0.6) is 0 Å². The first kappa shape index (κ1) is 14.3. The van der Waals surface area contributed by atoms with Gasteiger partial charge in [0.2, 0.25) is 0 Å². The van der Waals surface area contributed by atoms with E-state index in [1.807, 2.05) is 18.7 Å². The normalized spacial score (nSPS) is 17.3. The summed E-state index contributed by atoms with van der Waals surface area (Å²) in [5, 5.41) is 4.42. The van der Waals surface area contributed by atoms with Gasteiger partial charge in [-0.15, -0.1) is 0 Å². The van der Waals surface area contributed by atoms with Gasteiger partial charge in [0.05, 0.1) is 5.69 Å². The predicted octanol–water partition coefficient (Wildman–Crippen LogP) is 3.02. The first-order valence-electron chi connectivity index (χ1n) is 7.86. The molecule has 112 valence electrons. The molecule has 1 unspecified atom stereocenters. The second kappa shape index (κ2) is 5.30. The second-order valence-electron chi connectivity index (χ2n) is 6.69. The van der Waals surface area contributed by atoms with Crippen LogP contribution < -0.4 is 5.73 Å². The van der Waals surface area contributed by atoms with E-state index < -0.39 is 0 Å². The van der Waals surface area contributed by atoms with Gasteiger partial charge in [-0.25, -0.2) is 0 Å². The van der Waals surface area contributed by atoms with Crippen LogP contribution in [0.4, 0.5) is 0 Å². The van der Waals surface area contributed by atoms with Gasteiger partial charge in [-0.2, -0.15) is 5.10 Å². The minimum Gasteiger partial charge on any atom is -0.321 e. The molecule has 3 heteroatoms. The van der Waals surface area contributed by atoms with Crippen molar-refractivity contribution in [2.45, 2.75) is 51.5 Å². The molecule has 0 aliphatic heterocycles. The van der Waals surface area contributed by atoms with Crippen LogP contribution in [0, 0.1) is 6.92 Å².